The van der Waals surface area contributed by atoms with Gasteiger partial charge in [0.25, 0.3) is 0 Å². The topological polar surface area (TPSA) is 122 Å². The van der Waals surface area contributed by atoms with Gasteiger partial charge in [-0.2, -0.15) is 0 Å². The quantitative estimate of drug-likeness (QED) is 0.411. The third-order valence-electron chi connectivity index (χ3n) is 7.39. The van der Waals surface area contributed by atoms with Gasteiger partial charge in [0.05, 0.1) is 29.6 Å². The van der Waals surface area contributed by atoms with E-state index in [1.807, 2.05) is 30.9 Å². The van der Waals surface area contributed by atoms with Crippen molar-refractivity contribution in [2.24, 2.45) is 5.92 Å². The average molecular weight is 552 g/mol. The van der Waals surface area contributed by atoms with Gasteiger partial charge in [-0.25, -0.2) is 9.78 Å². The number of aromatic carboxylic acids is 1. The van der Waals surface area contributed by atoms with Crippen molar-refractivity contribution < 1.29 is 23.8 Å². The second-order valence-electron chi connectivity index (χ2n) is 10.1. The van der Waals surface area contributed by atoms with Crippen LogP contribution >= 0.6 is 11.6 Å². The number of hydrogen-bond donors (Lipinski definition) is 2. The number of hydrogen-bond acceptors (Lipinski definition) is 7. The molecule has 204 valence electrons. The molecule has 1 fully saturated rings. The van der Waals surface area contributed by atoms with E-state index in [-0.39, 0.29) is 28.1 Å². The molecule has 2 aliphatic rings. The van der Waals surface area contributed by atoms with Crippen LogP contribution in [0.5, 0.6) is 0 Å². The van der Waals surface area contributed by atoms with Gasteiger partial charge in [-0.1, -0.05) is 23.7 Å². The lowest BCUT2D eigenvalue weighted by Gasteiger charge is -2.28. The number of carboxylic acid groups (broad SMARTS) is 1. The van der Waals surface area contributed by atoms with Crippen LogP contribution in [0.2, 0.25) is 5.15 Å². The van der Waals surface area contributed by atoms with E-state index < -0.39 is 12.0 Å². The molecule has 1 saturated heterocycles. The zero-order valence-electron chi connectivity index (χ0n) is 22.0. The Kier molecular flexibility index (Phi) is 7.46. The highest BCUT2D eigenvalue weighted by atomic mass is 35.5. The molecule has 2 N–H and O–H groups in total. The fourth-order valence-electron chi connectivity index (χ4n) is 5.28. The van der Waals surface area contributed by atoms with Crippen molar-refractivity contribution in [3.63, 3.8) is 0 Å². The summed E-state index contributed by atoms with van der Waals surface area (Å²) in [5, 5.41) is 13.3. The van der Waals surface area contributed by atoms with Crippen LogP contribution in [0.25, 0.3) is 16.5 Å². The van der Waals surface area contributed by atoms with Gasteiger partial charge in [-0.05, 0) is 62.9 Å². The van der Waals surface area contributed by atoms with Gasteiger partial charge >= 0.3 is 5.97 Å². The minimum atomic E-state index is -1.21. The number of aromatic nitrogens is 1. The second-order valence-corrected chi connectivity index (χ2v) is 10.5. The first-order chi connectivity index (χ1) is 18.6. The molecule has 0 radical (unpaired) electrons. The number of nitrogens with one attached hydrogen (secondary N) is 1. The maximum atomic E-state index is 13.5. The van der Waals surface area contributed by atoms with E-state index in [1.165, 1.54) is 6.07 Å². The minimum Gasteiger partial charge on any atom is -0.476 e. The molecule has 2 aliphatic heterocycles. The Morgan fingerprint density at radius 3 is 2.72 bits per heavy atom. The zero-order valence-corrected chi connectivity index (χ0v) is 22.8. The standard InChI is InChI=1S/C29H30ClN3O6/c1-15-12-20(17(3)31-22-4-5-23(30)32-24(22)29(36)37)27-21(13-15)25(34)16(2)26(39-27)18-6-9-33(10-7-18)28(35)19-8-11-38-14-19/h4-6,12-13,17,19,31H,7-11,14H2,1-3H3,(H,36,37)/t17-,19+/m1/s1. The van der Waals surface area contributed by atoms with Crippen LogP contribution in [0.1, 0.15) is 58.7 Å². The Morgan fingerprint density at radius 1 is 1.26 bits per heavy atom. The molecule has 0 aliphatic carbocycles. The molecule has 5 rings (SSSR count). The highest BCUT2D eigenvalue weighted by molar-refractivity contribution is 6.29. The van der Waals surface area contributed by atoms with E-state index in [4.69, 9.17) is 20.8 Å². The fourth-order valence-corrected chi connectivity index (χ4v) is 5.43. The van der Waals surface area contributed by atoms with E-state index in [0.717, 1.165) is 17.6 Å². The normalized spacial score (nSPS) is 18.2. The number of pyridine rings is 1. The summed E-state index contributed by atoms with van der Waals surface area (Å²) < 4.78 is 11.8. The first kappa shape index (κ1) is 26.9. The molecule has 2 aromatic heterocycles. The SMILES string of the molecule is Cc1cc([C@@H](C)Nc2ccc(Cl)nc2C(=O)O)c2oc(C3=CCN(C(=O)[C@H]4CCOC4)CC3)c(C)c(=O)c2c1. The number of carbonyl (C=O) groups excluding carboxylic acids is 1. The monoisotopic (exact) mass is 551 g/mol. The van der Waals surface area contributed by atoms with Crippen LogP contribution in [0.3, 0.4) is 0 Å². The number of fused-ring (bicyclic) bond motifs is 1. The number of anilines is 1. The van der Waals surface area contributed by atoms with Gasteiger partial charge in [0, 0.05) is 30.8 Å². The summed E-state index contributed by atoms with van der Waals surface area (Å²) in [5.74, 6) is -0.671. The number of carboxylic acids is 1. The molecule has 0 saturated carbocycles. The van der Waals surface area contributed by atoms with Crippen molar-refractivity contribution in [2.45, 2.75) is 39.7 Å². The fraction of sp³-hybridized carbons (Fsp3) is 0.379. The van der Waals surface area contributed by atoms with Gasteiger partial charge in [0.2, 0.25) is 5.91 Å². The molecule has 2 atom stereocenters. The molecule has 0 unspecified atom stereocenters. The van der Waals surface area contributed by atoms with E-state index in [9.17, 15) is 19.5 Å². The van der Waals surface area contributed by atoms with Crippen molar-refractivity contribution >= 4 is 45.7 Å². The van der Waals surface area contributed by atoms with Crippen LogP contribution < -0.4 is 10.7 Å². The predicted octanol–water partition coefficient (Wildman–Crippen LogP) is 4.98. The smallest absolute Gasteiger partial charge is 0.356 e. The van der Waals surface area contributed by atoms with Gasteiger partial charge in [-0.3, -0.25) is 9.59 Å². The maximum Gasteiger partial charge on any atom is 0.356 e. The summed E-state index contributed by atoms with van der Waals surface area (Å²) in [4.78, 5) is 43.8. The summed E-state index contributed by atoms with van der Waals surface area (Å²) in [6, 6.07) is 6.39. The van der Waals surface area contributed by atoms with E-state index in [0.29, 0.717) is 66.3 Å². The van der Waals surface area contributed by atoms with E-state index >= 15 is 0 Å². The molecule has 9 nitrogen and oxygen atoms in total. The first-order valence-corrected chi connectivity index (χ1v) is 13.3. The van der Waals surface area contributed by atoms with Crippen molar-refractivity contribution in [3.8, 4) is 0 Å². The lowest BCUT2D eigenvalue weighted by molar-refractivity contribution is -0.135. The summed E-state index contributed by atoms with van der Waals surface area (Å²) >= 11 is 5.91. The summed E-state index contributed by atoms with van der Waals surface area (Å²) in [7, 11) is 0. The Labute approximate surface area is 230 Å². The Morgan fingerprint density at radius 2 is 2.05 bits per heavy atom. The Bertz CT molecular complexity index is 1560. The molecule has 1 aromatic carbocycles. The van der Waals surface area contributed by atoms with Crippen molar-refractivity contribution in [3.05, 3.63) is 73.9 Å². The number of aryl methyl sites for hydroxylation is 1. The molecule has 0 spiro atoms. The molecular formula is C29H30ClN3O6. The third kappa shape index (κ3) is 5.29. The number of benzene rings is 1. The molecule has 10 heteroatoms. The Hall–Kier alpha value is -3.69. The van der Waals surface area contributed by atoms with Crippen LogP contribution in [0, 0.1) is 19.8 Å². The number of ether oxygens (including phenoxy) is 1. The average Bonchev–Trinajstić information content (AvgIpc) is 3.46. The number of amides is 1. The van der Waals surface area contributed by atoms with Crippen LogP contribution in [0.15, 0.2) is 39.6 Å². The van der Waals surface area contributed by atoms with Crippen LogP contribution in [-0.2, 0) is 9.53 Å². The first-order valence-electron chi connectivity index (χ1n) is 12.9. The number of rotatable bonds is 6. The highest BCUT2D eigenvalue weighted by Crippen LogP contribution is 2.33. The predicted molar refractivity (Wildman–Crippen MR) is 148 cm³/mol. The number of nitrogens with zero attached hydrogens (tertiary/aromatic N) is 2. The molecule has 39 heavy (non-hydrogen) atoms. The Balaban J connectivity index is 1.51. The van der Waals surface area contributed by atoms with E-state index in [2.05, 4.69) is 10.3 Å². The molecule has 3 aromatic rings. The van der Waals surface area contributed by atoms with Gasteiger partial charge < -0.3 is 24.5 Å². The largest absolute Gasteiger partial charge is 0.476 e. The second kappa shape index (κ2) is 10.8. The number of carbonyl (C=O) groups is 2. The number of halogens is 1. The molecule has 0 bridgehead atoms. The van der Waals surface area contributed by atoms with Gasteiger partial charge in [0.15, 0.2) is 11.1 Å². The maximum absolute atomic E-state index is 13.5. The lowest BCUT2D eigenvalue weighted by atomic mass is 9.96. The summed E-state index contributed by atoms with van der Waals surface area (Å²) in [6.07, 6.45) is 3.28. The molecule has 1 amide bonds. The van der Waals surface area contributed by atoms with E-state index in [1.54, 1.807) is 19.1 Å². The van der Waals surface area contributed by atoms with Crippen LogP contribution in [-0.4, -0.2) is 53.2 Å². The van der Waals surface area contributed by atoms with Crippen molar-refractivity contribution in [1.29, 1.82) is 0 Å². The third-order valence-corrected chi connectivity index (χ3v) is 7.60. The highest BCUT2D eigenvalue weighted by Gasteiger charge is 2.30. The minimum absolute atomic E-state index is 0.0790. The van der Waals surface area contributed by atoms with Crippen molar-refractivity contribution in [2.75, 3.05) is 31.6 Å². The zero-order chi connectivity index (χ0) is 27.8. The van der Waals surface area contributed by atoms with Crippen molar-refractivity contribution in [1.82, 2.24) is 9.88 Å². The molecular weight excluding hydrogens is 522 g/mol. The summed E-state index contributed by atoms with van der Waals surface area (Å²) in [6.45, 7) is 7.61. The van der Waals surface area contributed by atoms with Gasteiger partial charge in [0.1, 0.15) is 16.5 Å². The summed E-state index contributed by atoms with van der Waals surface area (Å²) in [5.41, 5.74) is 3.42. The van der Waals surface area contributed by atoms with Crippen LogP contribution in [0.4, 0.5) is 5.69 Å². The molecule has 4 heterocycles. The van der Waals surface area contributed by atoms with Gasteiger partial charge in [-0.15, -0.1) is 0 Å². The lowest BCUT2D eigenvalue weighted by Crippen LogP contribution is -2.39.